The van der Waals surface area contributed by atoms with E-state index in [4.69, 9.17) is 5.11 Å². The van der Waals surface area contributed by atoms with Gasteiger partial charge in [0.2, 0.25) is 0 Å². The smallest absolute Gasteiger partial charge is 0.327 e. The van der Waals surface area contributed by atoms with Gasteiger partial charge in [-0.25, -0.2) is 4.98 Å². The first-order valence-electron chi connectivity index (χ1n) is 3.93. The van der Waals surface area contributed by atoms with Crippen LogP contribution >= 0.6 is 0 Å². The highest BCUT2D eigenvalue weighted by Gasteiger charge is 2.23. The number of nitrogens with zero attached hydrogens (tertiary/aromatic N) is 2. The number of rotatable bonds is 3. The number of aromatic nitrogens is 2. The highest BCUT2D eigenvalue weighted by molar-refractivity contribution is 5.74. The molecule has 13 heavy (non-hydrogen) atoms. The maximum atomic E-state index is 10.9. The lowest BCUT2D eigenvalue weighted by Crippen LogP contribution is -2.27. The third-order valence-corrected chi connectivity index (χ3v) is 1.77. The van der Waals surface area contributed by atoms with Crippen molar-refractivity contribution >= 4 is 5.97 Å². The summed E-state index contributed by atoms with van der Waals surface area (Å²) < 4.78 is 0. The number of aromatic amines is 1. The fourth-order valence-corrected chi connectivity index (χ4v) is 1.21. The minimum atomic E-state index is -0.881. The van der Waals surface area contributed by atoms with Gasteiger partial charge in [0.1, 0.15) is 11.9 Å². The van der Waals surface area contributed by atoms with Crippen molar-refractivity contribution < 1.29 is 9.90 Å². The zero-order valence-electron chi connectivity index (χ0n) is 7.90. The Bertz CT molecular complexity index is 306. The van der Waals surface area contributed by atoms with Crippen molar-refractivity contribution in [3.05, 3.63) is 17.7 Å². The van der Waals surface area contributed by atoms with E-state index in [1.165, 1.54) is 0 Å². The second-order valence-electron chi connectivity index (χ2n) is 3.13. The van der Waals surface area contributed by atoms with E-state index in [0.29, 0.717) is 5.69 Å². The summed E-state index contributed by atoms with van der Waals surface area (Å²) in [6, 6.07) is -0.652. The van der Waals surface area contributed by atoms with Gasteiger partial charge in [0.25, 0.3) is 0 Å². The van der Waals surface area contributed by atoms with Crippen LogP contribution in [0.15, 0.2) is 6.20 Å². The van der Waals surface area contributed by atoms with Crippen LogP contribution in [0.25, 0.3) is 0 Å². The van der Waals surface area contributed by atoms with E-state index in [9.17, 15) is 4.79 Å². The molecule has 1 aromatic rings. The zero-order valence-corrected chi connectivity index (χ0v) is 7.90. The van der Waals surface area contributed by atoms with Gasteiger partial charge in [0, 0.05) is 0 Å². The average Bonchev–Trinajstić information content (AvgIpc) is 2.34. The maximum absolute atomic E-state index is 10.9. The monoisotopic (exact) mass is 183 g/mol. The molecule has 0 aromatic carbocycles. The molecule has 1 unspecified atom stereocenters. The number of hydrogen-bond donors (Lipinski definition) is 2. The summed E-state index contributed by atoms with van der Waals surface area (Å²) in [5, 5.41) is 8.92. The van der Waals surface area contributed by atoms with Crippen molar-refractivity contribution in [3.8, 4) is 0 Å². The lowest BCUT2D eigenvalue weighted by atomic mass is 10.2. The quantitative estimate of drug-likeness (QED) is 0.712. The van der Waals surface area contributed by atoms with E-state index in [1.54, 1.807) is 32.1 Å². The van der Waals surface area contributed by atoms with Crippen LogP contribution in [0.2, 0.25) is 0 Å². The Labute approximate surface area is 76.4 Å². The Hall–Kier alpha value is -1.36. The normalized spacial score (nSPS) is 13.2. The minimum absolute atomic E-state index is 0.606. The van der Waals surface area contributed by atoms with E-state index in [-0.39, 0.29) is 0 Å². The van der Waals surface area contributed by atoms with Gasteiger partial charge in [-0.05, 0) is 21.0 Å². The molecule has 72 valence electrons. The molecule has 0 aliphatic rings. The molecule has 0 aliphatic heterocycles. The number of aryl methyl sites for hydroxylation is 1. The summed E-state index contributed by atoms with van der Waals surface area (Å²) in [6.07, 6.45) is 1.55. The van der Waals surface area contributed by atoms with Gasteiger partial charge >= 0.3 is 5.97 Å². The molecule has 0 bridgehead atoms. The van der Waals surface area contributed by atoms with Crippen LogP contribution in [0, 0.1) is 6.92 Å². The standard InChI is InChI=1S/C8H13N3O2/c1-5-9-4-6(10-5)7(8(12)13)11(2)3/h4,7H,1-3H3,(H,9,10)(H,12,13). The van der Waals surface area contributed by atoms with Gasteiger partial charge in [0.15, 0.2) is 0 Å². The van der Waals surface area contributed by atoms with Gasteiger partial charge in [0.05, 0.1) is 11.9 Å². The topological polar surface area (TPSA) is 69.2 Å². The van der Waals surface area contributed by atoms with E-state index in [1.807, 2.05) is 0 Å². The molecule has 0 amide bonds. The zero-order chi connectivity index (χ0) is 10.0. The Morgan fingerprint density at radius 2 is 2.31 bits per heavy atom. The molecule has 1 heterocycles. The Balaban J connectivity index is 2.95. The number of H-pyrrole nitrogens is 1. The van der Waals surface area contributed by atoms with Crippen LogP contribution in [-0.2, 0) is 4.79 Å². The van der Waals surface area contributed by atoms with Gasteiger partial charge < -0.3 is 10.1 Å². The van der Waals surface area contributed by atoms with E-state index in [0.717, 1.165) is 5.82 Å². The molecule has 1 aromatic heterocycles. The lowest BCUT2D eigenvalue weighted by molar-refractivity contribution is -0.142. The fourth-order valence-electron chi connectivity index (χ4n) is 1.21. The first-order valence-corrected chi connectivity index (χ1v) is 3.93. The van der Waals surface area contributed by atoms with E-state index < -0.39 is 12.0 Å². The van der Waals surface area contributed by atoms with Crippen molar-refractivity contribution in [2.24, 2.45) is 0 Å². The van der Waals surface area contributed by atoms with Crippen LogP contribution < -0.4 is 0 Å². The second-order valence-corrected chi connectivity index (χ2v) is 3.13. The average molecular weight is 183 g/mol. The van der Waals surface area contributed by atoms with Gasteiger partial charge in [-0.15, -0.1) is 0 Å². The SMILES string of the molecule is Cc1ncc(C(C(=O)O)N(C)C)[nH]1. The number of carboxylic acid groups (broad SMARTS) is 1. The molecule has 0 saturated heterocycles. The Kier molecular flexibility index (Phi) is 2.67. The molecule has 5 nitrogen and oxygen atoms in total. The molecule has 2 N–H and O–H groups in total. The van der Waals surface area contributed by atoms with Crippen LogP contribution in [0.4, 0.5) is 0 Å². The maximum Gasteiger partial charge on any atom is 0.327 e. The number of carboxylic acids is 1. The van der Waals surface area contributed by atoms with E-state index in [2.05, 4.69) is 9.97 Å². The van der Waals surface area contributed by atoms with Crippen molar-refractivity contribution in [1.82, 2.24) is 14.9 Å². The number of aliphatic carboxylic acids is 1. The third kappa shape index (κ3) is 2.06. The van der Waals surface area contributed by atoms with Crippen LogP contribution in [0.1, 0.15) is 17.6 Å². The molecular weight excluding hydrogens is 170 g/mol. The second kappa shape index (κ2) is 3.57. The molecule has 0 aliphatic carbocycles. The molecule has 0 fully saturated rings. The first kappa shape index (κ1) is 9.73. The minimum Gasteiger partial charge on any atom is -0.480 e. The van der Waals surface area contributed by atoms with Crippen molar-refractivity contribution in [2.45, 2.75) is 13.0 Å². The van der Waals surface area contributed by atoms with Gasteiger partial charge in [-0.3, -0.25) is 9.69 Å². The number of likely N-dealkylation sites (N-methyl/N-ethyl adjacent to an activating group) is 1. The Morgan fingerprint density at radius 3 is 2.62 bits per heavy atom. The number of imidazole rings is 1. The van der Waals surface area contributed by atoms with Crippen LogP contribution in [-0.4, -0.2) is 40.0 Å². The summed E-state index contributed by atoms with van der Waals surface area (Å²) in [4.78, 5) is 19.3. The van der Waals surface area contributed by atoms with Crippen LogP contribution in [0.3, 0.4) is 0 Å². The predicted octanol–water partition coefficient (Wildman–Crippen LogP) is 0.405. The molecule has 0 spiro atoms. The predicted molar refractivity (Wildman–Crippen MR) is 47.4 cm³/mol. The van der Waals surface area contributed by atoms with E-state index >= 15 is 0 Å². The van der Waals surface area contributed by atoms with Crippen molar-refractivity contribution in [2.75, 3.05) is 14.1 Å². The number of hydrogen-bond acceptors (Lipinski definition) is 3. The van der Waals surface area contributed by atoms with Crippen molar-refractivity contribution in [3.63, 3.8) is 0 Å². The fraction of sp³-hybridized carbons (Fsp3) is 0.500. The summed E-state index contributed by atoms with van der Waals surface area (Å²) in [7, 11) is 3.43. The van der Waals surface area contributed by atoms with Crippen LogP contribution in [0.5, 0.6) is 0 Å². The Morgan fingerprint density at radius 1 is 1.69 bits per heavy atom. The summed E-state index contributed by atoms with van der Waals surface area (Å²) in [6.45, 7) is 1.79. The first-order chi connectivity index (χ1) is 6.02. The third-order valence-electron chi connectivity index (χ3n) is 1.77. The van der Waals surface area contributed by atoms with Gasteiger partial charge in [-0.1, -0.05) is 0 Å². The highest BCUT2D eigenvalue weighted by atomic mass is 16.4. The molecule has 0 saturated carbocycles. The summed E-state index contributed by atoms with van der Waals surface area (Å²) in [5.41, 5.74) is 0.606. The summed E-state index contributed by atoms with van der Waals surface area (Å²) >= 11 is 0. The molecule has 1 atom stereocenters. The van der Waals surface area contributed by atoms with Crippen molar-refractivity contribution in [1.29, 1.82) is 0 Å². The lowest BCUT2D eigenvalue weighted by Gasteiger charge is -2.17. The molecule has 1 rings (SSSR count). The molecular formula is C8H13N3O2. The number of carbonyl (C=O) groups is 1. The number of nitrogens with one attached hydrogen (secondary N) is 1. The highest BCUT2D eigenvalue weighted by Crippen LogP contribution is 2.15. The summed E-state index contributed by atoms with van der Waals surface area (Å²) in [5.74, 6) is -0.156. The van der Waals surface area contributed by atoms with Gasteiger partial charge in [-0.2, -0.15) is 0 Å². The molecule has 5 heteroatoms. The largest absolute Gasteiger partial charge is 0.480 e. The molecule has 0 radical (unpaired) electrons.